The quantitative estimate of drug-likeness (QED) is 0.769. The summed E-state index contributed by atoms with van der Waals surface area (Å²) in [6.45, 7) is 2.90. The fourth-order valence-electron chi connectivity index (χ4n) is 1.87. The third-order valence-corrected chi connectivity index (χ3v) is 3.91. The maximum Gasteiger partial charge on any atom is 0.220 e. The fraction of sp³-hybridized carbons (Fsp3) is 0.533. The zero-order valence-corrected chi connectivity index (χ0v) is 12.6. The van der Waals surface area contributed by atoms with Gasteiger partial charge in [0.05, 0.1) is 0 Å². The molecule has 0 heterocycles. The van der Waals surface area contributed by atoms with Crippen molar-refractivity contribution >= 4 is 17.7 Å². The molecule has 0 aromatic heterocycles. The predicted molar refractivity (Wildman–Crippen MR) is 83.2 cm³/mol. The Morgan fingerprint density at radius 1 is 1.37 bits per heavy atom. The van der Waals surface area contributed by atoms with E-state index in [1.54, 1.807) is 11.8 Å². The van der Waals surface area contributed by atoms with Gasteiger partial charge in [-0.2, -0.15) is 11.8 Å². The molecule has 1 aromatic rings. The summed E-state index contributed by atoms with van der Waals surface area (Å²) in [5.41, 5.74) is 7.15. The Morgan fingerprint density at radius 2 is 2.05 bits per heavy atom. The molecule has 1 rings (SSSR count). The molecule has 106 valence electrons. The van der Waals surface area contributed by atoms with E-state index in [1.807, 2.05) is 30.3 Å². The molecule has 0 spiro atoms. The Balaban J connectivity index is 2.23. The van der Waals surface area contributed by atoms with Crippen LogP contribution in [0.2, 0.25) is 0 Å². The number of carbonyl (C=O) groups excluding carboxylic acids is 1. The SMILES string of the molecule is CSCC(C)CNC(=O)CCC(N)c1ccccc1. The Bertz CT molecular complexity index is 370. The lowest BCUT2D eigenvalue weighted by Gasteiger charge is -2.13. The van der Waals surface area contributed by atoms with E-state index in [2.05, 4.69) is 18.5 Å². The minimum Gasteiger partial charge on any atom is -0.356 e. The van der Waals surface area contributed by atoms with Gasteiger partial charge in [-0.3, -0.25) is 4.79 Å². The Labute approximate surface area is 120 Å². The van der Waals surface area contributed by atoms with Gasteiger partial charge in [-0.05, 0) is 29.9 Å². The van der Waals surface area contributed by atoms with Crippen LogP contribution in [0.1, 0.15) is 31.4 Å². The van der Waals surface area contributed by atoms with Gasteiger partial charge in [-0.15, -0.1) is 0 Å². The highest BCUT2D eigenvalue weighted by Crippen LogP contribution is 2.14. The van der Waals surface area contributed by atoms with Crippen molar-refractivity contribution in [1.82, 2.24) is 5.32 Å². The van der Waals surface area contributed by atoms with Crippen molar-refractivity contribution in [3.8, 4) is 0 Å². The van der Waals surface area contributed by atoms with Gasteiger partial charge in [0.15, 0.2) is 0 Å². The second kappa shape index (κ2) is 8.99. The van der Waals surface area contributed by atoms with Crippen LogP contribution in [0.5, 0.6) is 0 Å². The van der Waals surface area contributed by atoms with Crippen molar-refractivity contribution in [3.63, 3.8) is 0 Å². The normalized spacial score (nSPS) is 13.8. The third-order valence-electron chi connectivity index (χ3n) is 3.01. The van der Waals surface area contributed by atoms with Crippen LogP contribution in [0.4, 0.5) is 0 Å². The van der Waals surface area contributed by atoms with Crippen LogP contribution in [0.25, 0.3) is 0 Å². The van der Waals surface area contributed by atoms with E-state index < -0.39 is 0 Å². The summed E-state index contributed by atoms with van der Waals surface area (Å²) in [5, 5.41) is 2.97. The van der Waals surface area contributed by atoms with Crippen LogP contribution >= 0.6 is 11.8 Å². The number of rotatable bonds is 8. The summed E-state index contributed by atoms with van der Waals surface area (Å²) in [6.07, 6.45) is 3.26. The van der Waals surface area contributed by atoms with Crippen molar-refractivity contribution in [1.29, 1.82) is 0 Å². The molecule has 1 aromatic carbocycles. The second-order valence-electron chi connectivity index (χ2n) is 4.92. The summed E-state index contributed by atoms with van der Waals surface area (Å²) in [7, 11) is 0. The van der Waals surface area contributed by atoms with Crippen LogP contribution in [0, 0.1) is 5.92 Å². The molecular formula is C15H24N2OS. The summed E-state index contributed by atoms with van der Waals surface area (Å²) in [5.74, 6) is 1.69. The molecule has 2 unspecified atom stereocenters. The highest BCUT2D eigenvalue weighted by atomic mass is 32.2. The number of hydrogen-bond acceptors (Lipinski definition) is 3. The monoisotopic (exact) mass is 280 g/mol. The Morgan fingerprint density at radius 3 is 2.68 bits per heavy atom. The number of amides is 1. The first-order valence-electron chi connectivity index (χ1n) is 6.69. The molecule has 3 nitrogen and oxygen atoms in total. The van der Waals surface area contributed by atoms with E-state index in [-0.39, 0.29) is 11.9 Å². The van der Waals surface area contributed by atoms with Gasteiger partial charge in [-0.25, -0.2) is 0 Å². The first kappa shape index (κ1) is 16.1. The van der Waals surface area contributed by atoms with E-state index in [9.17, 15) is 4.79 Å². The Hall–Kier alpha value is -1.00. The minimum absolute atomic E-state index is 0.0597. The minimum atomic E-state index is -0.0597. The average molecular weight is 280 g/mol. The molecule has 0 aliphatic rings. The number of hydrogen-bond donors (Lipinski definition) is 2. The highest BCUT2D eigenvalue weighted by Gasteiger charge is 2.09. The molecular weight excluding hydrogens is 256 g/mol. The topological polar surface area (TPSA) is 55.1 Å². The first-order valence-corrected chi connectivity index (χ1v) is 8.09. The lowest BCUT2D eigenvalue weighted by Crippen LogP contribution is -2.29. The summed E-state index contributed by atoms with van der Waals surface area (Å²) in [6, 6.07) is 9.86. The van der Waals surface area contributed by atoms with Crippen molar-refractivity contribution in [2.24, 2.45) is 11.7 Å². The number of benzene rings is 1. The molecule has 2 atom stereocenters. The smallest absolute Gasteiger partial charge is 0.220 e. The lowest BCUT2D eigenvalue weighted by atomic mass is 10.0. The second-order valence-corrected chi connectivity index (χ2v) is 5.83. The molecule has 0 radical (unpaired) electrons. The zero-order chi connectivity index (χ0) is 14.1. The van der Waals surface area contributed by atoms with Crippen molar-refractivity contribution in [3.05, 3.63) is 35.9 Å². The molecule has 19 heavy (non-hydrogen) atoms. The molecule has 0 fully saturated rings. The molecule has 4 heteroatoms. The van der Waals surface area contributed by atoms with Crippen molar-refractivity contribution in [2.45, 2.75) is 25.8 Å². The van der Waals surface area contributed by atoms with Crippen LogP contribution in [-0.2, 0) is 4.79 Å². The van der Waals surface area contributed by atoms with Crippen molar-refractivity contribution in [2.75, 3.05) is 18.6 Å². The molecule has 0 bridgehead atoms. The predicted octanol–water partition coefficient (Wildman–Crippen LogP) is 2.58. The van der Waals surface area contributed by atoms with Crippen LogP contribution < -0.4 is 11.1 Å². The van der Waals surface area contributed by atoms with E-state index >= 15 is 0 Å². The van der Waals surface area contributed by atoms with Gasteiger partial charge in [0.25, 0.3) is 0 Å². The molecule has 1 amide bonds. The van der Waals surface area contributed by atoms with E-state index in [0.29, 0.717) is 18.8 Å². The van der Waals surface area contributed by atoms with E-state index in [1.165, 1.54) is 0 Å². The van der Waals surface area contributed by atoms with E-state index in [4.69, 9.17) is 5.73 Å². The molecule has 0 saturated carbocycles. The number of thioether (sulfide) groups is 1. The van der Waals surface area contributed by atoms with Crippen LogP contribution in [-0.4, -0.2) is 24.5 Å². The standard InChI is InChI=1S/C15H24N2OS/c1-12(11-19-2)10-17-15(18)9-8-14(16)13-6-4-3-5-7-13/h3-7,12,14H,8-11,16H2,1-2H3,(H,17,18). The van der Waals surface area contributed by atoms with Gasteiger partial charge in [-0.1, -0.05) is 37.3 Å². The molecule has 0 saturated heterocycles. The summed E-state index contributed by atoms with van der Waals surface area (Å²) >= 11 is 1.81. The van der Waals surface area contributed by atoms with Gasteiger partial charge >= 0.3 is 0 Å². The first-order chi connectivity index (χ1) is 9.13. The largest absolute Gasteiger partial charge is 0.356 e. The van der Waals surface area contributed by atoms with Gasteiger partial charge in [0.2, 0.25) is 5.91 Å². The number of carbonyl (C=O) groups is 1. The van der Waals surface area contributed by atoms with E-state index in [0.717, 1.165) is 17.9 Å². The molecule has 0 aliphatic carbocycles. The average Bonchev–Trinajstić information content (AvgIpc) is 2.44. The summed E-state index contributed by atoms with van der Waals surface area (Å²) in [4.78, 5) is 11.7. The zero-order valence-electron chi connectivity index (χ0n) is 11.8. The number of nitrogens with one attached hydrogen (secondary N) is 1. The molecule has 3 N–H and O–H groups in total. The fourth-order valence-corrected chi connectivity index (χ4v) is 2.56. The molecule has 0 aliphatic heterocycles. The van der Waals surface area contributed by atoms with Gasteiger partial charge in [0, 0.05) is 19.0 Å². The van der Waals surface area contributed by atoms with Crippen LogP contribution in [0.3, 0.4) is 0 Å². The maximum absolute atomic E-state index is 11.7. The van der Waals surface area contributed by atoms with Crippen LogP contribution in [0.15, 0.2) is 30.3 Å². The highest BCUT2D eigenvalue weighted by molar-refractivity contribution is 7.98. The van der Waals surface area contributed by atoms with Gasteiger partial charge < -0.3 is 11.1 Å². The lowest BCUT2D eigenvalue weighted by molar-refractivity contribution is -0.121. The third kappa shape index (κ3) is 6.64. The summed E-state index contributed by atoms with van der Waals surface area (Å²) < 4.78 is 0. The maximum atomic E-state index is 11.7. The number of nitrogens with two attached hydrogens (primary N) is 1. The van der Waals surface area contributed by atoms with Crippen molar-refractivity contribution < 1.29 is 4.79 Å². The van der Waals surface area contributed by atoms with Gasteiger partial charge in [0.1, 0.15) is 0 Å². The Kier molecular flexibility index (Phi) is 7.60.